The van der Waals surface area contributed by atoms with E-state index in [-0.39, 0.29) is 12.5 Å². The number of anilines is 1. The molecule has 8 nitrogen and oxygen atoms in total. The zero-order valence-electron chi connectivity index (χ0n) is 17.5. The van der Waals surface area contributed by atoms with Crippen LogP contribution in [0.2, 0.25) is 5.02 Å². The topological polar surface area (TPSA) is 106 Å². The fraction of sp³-hybridized carbons (Fsp3) is 0.0833. The molecule has 2 N–H and O–H groups in total. The van der Waals surface area contributed by atoms with Crippen molar-refractivity contribution >= 4 is 40.3 Å². The molecular formula is C24H19ClN4O4. The Morgan fingerprint density at radius 2 is 1.88 bits per heavy atom. The van der Waals surface area contributed by atoms with Crippen LogP contribution in [0.25, 0.3) is 10.9 Å². The van der Waals surface area contributed by atoms with E-state index in [1.807, 2.05) is 19.1 Å². The highest BCUT2D eigenvalue weighted by atomic mass is 35.5. The van der Waals surface area contributed by atoms with Crippen LogP contribution in [-0.2, 0) is 4.79 Å². The molecule has 0 unspecified atom stereocenters. The molecule has 0 spiro atoms. The van der Waals surface area contributed by atoms with Crippen molar-refractivity contribution in [2.75, 3.05) is 11.9 Å². The van der Waals surface area contributed by atoms with Crippen molar-refractivity contribution in [3.05, 3.63) is 104 Å². The van der Waals surface area contributed by atoms with Crippen molar-refractivity contribution in [1.29, 1.82) is 0 Å². The number of hydrogen-bond donors (Lipinski definition) is 2. The average Bonchev–Trinajstić information content (AvgIpc) is 2.80. The zero-order chi connectivity index (χ0) is 23.4. The Labute approximate surface area is 193 Å². The van der Waals surface area contributed by atoms with E-state index in [4.69, 9.17) is 16.3 Å². The number of carbonyl (C=O) groups excluding carboxylic acids is 1. The van der Waals surface area contributed by atoms with Crippen LogP contribution in [0, 0.1) is 6.92 Å². The largest absolute Gasteiger partial charge is 0.483 e. The number of fused-ring (bicyclic) bond motifs is 1. The lowest BCUT2D eigenvalue weighted by molar-refractivity contribution is -0.118. The van der Waals surface area contributed by atoms with Crippen LogP contribution in [0.4, 0.5) is 5.69 Å². The molecule has 1 heterocycles. The minimum atomic E-state index is -0.683. The summed E-state index contributed by atoms with van der Waals surface area (Å²) >= 11 is 6.09. The highest BCUT2D eigenvalue weighted by Crippen LogP contribution is 2.21. The molecule has 1 amide bonds. The number of halogens is 1. The Morgan fingerprint density at radius 3 is 2.67 bits per heavy atom. The molecule has 0 aliphatic carbocycles. The summed E-state index contributed by atoms with van der Waals surface area (Å²) in [5.74, 6) is -0.0358. The molecule has 0 saturated heterocycles. The predicted octanol–water partition coefficient (Wildman–Crippen LogP) is 3.55. The second-order valence-corrected chi connectivity index (χ2v) is 7.66. The van der Waals surface area contributed by atoms with Crippen molar-refractivity contribution in [2.24, 2.45) is 5.10 Å². The second-order valence-electron chi connectivity index (χ2n) is 7.22. The van der Waals surface area contributed by atoms with Crippen LogP contribution in [-0.4, -0.2) is 28.4 Å². The van der Waals surface area contributed by atoms with Crippen molar-refractivity contribution in [2.45, 2.75) is 6.92 Å². The van der Waals surface area contributed by atoms with Gasteiger partial charge in [-0.2, -0.15) is 5.10 Å². The maximum absolute atomic E-state index is 12.7. The summed E-state index contributed by atoms with van der Waals surface area (Å²) < 4.78 is 6.35. The van der Waals surface area contributed by atoms with Crippen molar-refractivity contribution in [1.82, 2.24) is 9.66 Å². The van der Waals surface area contributed by atoms with Gasteiger partial charge in [0.25, 0.3) is 11.5 Å². The van der Waals surface area contributed by atoms with Crippen molar-refractivity contribution in [3.8, 4) is 5.75 Å². The van der Waals surface area contributed by atoms with Gasteiger partial charge in [-0.3, -0.25) is 9.59 Å². The van der Waals surface area contributed by atoms with Gasteiger partial charge in [0.2, 0.25) is 0 Å². The molecule has 0 bridgehead atoms. The first-order valence-electron chi connectivity index (χ1n) is 9.98. The highest BCUT2D eigenvalue weighted by molar-refractivity contribution is 6.30. The third-order valence-corrected chi connectivity index (χ3v) is 5.00. The Hall–Kier alpha value is -4.17. The van der Waals surface area contributed by atoms with Crippen LogP contribution in [0.3, 0.4) is 0 Å². The molecule has 0 fully saturated rings. The molecule has 0 radical (unpaired) electrons. The van der Waals surface area contributed by atoms with Gasteiger partial charge in [-0.15, -0.1) is 4.68 Å². The third-order valence-electron chi connectivity index (χ3n) is 4.76. The van der Waals surface area contributed by atoms with E-state index in [9.17, 15) is 14.4 Å². The highest BCUT2D eigenvalue weighted by Gasteiger charge is 2.09. The van der Waals surface area contributed by atoms with E-state index in [1.165, 1.54) is 6.21 Å². The van der Waals surface area contributed by atoms with Crippen LogP contribution in [0.5, 0.6) is 5.75 Å². The number of aromatic amines is 1. The molecule has 1 aromatic heterocycles. The molecule has 33 heavy (non-hydrogen) atoms. The number of carbonyl (C=O) groups is 1. The number of para-hydroxylation sites is 1. The van der Waals surface area contributed by atoms with E-state index in [0.29, 0.717) is 32.9 Å². The SMILES string of the molecule is Cc1ccc(NC(=O)COc2ccc(Cl)cc2C=Nn2c(=O)[nH]c3ccccc3c2=O)cc1. The Kier molecular flexibility index (Phi) is 6.37. The summed E-state index contributed by atoms with van der Waals surface area (Å²) in [6.07, 6.45) is 1.28. The molecule has 166 valence electrons. The molecule has 0 aliphatic rings. The smallest absolute Gasteiger partial charge is 0.349 e. The van der Waals surface area contributed by atoms with Crippen LogP contribution < -0.4 is 21.3 Å². The van der Waals surface area contributed by atoms with Gasteiger partial charge in [-0.1, -0.05) is 41.4 Å². The molecule has 0 saturated carbocycles. The maximum atomic E-state index is 12.7. The Bertz CT molecular complexity index is 1470. The van der Waals surface area contributed by atoms with E-state index in [0.717, 1.165) is 10.2 Å². The number of hydrogen-bond acceptors (Lipinski definition) is 5. The minimum absolute atomic E-state index is 0.257. The van der Waals surface area contributed by atoms with E-state index < -0.39 is 11.2 Å². The lowest BCUT2D eigenvalue weighted by Gasteiger charge is -2.10. The summed E-state index contributed by atoms with van der Waals surface area (Å²) in [6.45, 7) is 1.70. The standard InChI is InChI=1S/C24H19ClN4O4/c1-15-6-9-18(10-7-15)27-22(30)14-33-21-11-8-17(25)12-16(21)13-26-29-23(31)19-4-2-3-5-20(19)28-24(29)32/h2-13H,14H2,1H3,(H,27,30)(H,28,32). The van der Waals surface area contributed by atoms with Crippen molar-refractivity contribution in [3.63, 3.8) is 0 Å². The number of nitrogens with zero attached hydrogens (tertiary/aromatic N) is 2. The zero-order valence-corrected chi connectivity index (χ0v) is 18.3. The monoisotopic (exact) mass is 462 g/mol. The van der Waals surface area contributed by atoms with Gasteiger partial charge in [0.15, 0.2) is 6.61 Å². The Balaban J connectivity index is 1.55. The molecule has 0 atom stereocenters. The molecular weight excluding hydrogens is 444 g/mol. The lowest BCUT2D eigenvalue weighted by Crippen LogP contribution is -2.32. The number of rotatable bonds is 6. The predicted molar refractivity (Wildman–Crippen MR) is 129 cm³/mol. The van der Waals surface area contributed by atoms with E-state index in [2.05, 4.69) is 15.4 Å². The maximum Gasteiger partial charge on any atom is 0.349 e. The quantitative estimate of drug-likeness (QED) is 0.427. The van der Waals surface area contributed by atoms with Crippen molar-refractivity contribution < 1.29 is 9.53 Å². The summed E-state index contributed by atoms with van der Waals surface area (Å²) in [5.41, 5.74) is 1.31. The minimum Gasteiger partial charge on any atom is -0.483 e. The fourth-order valence-electron chi connectivity index (χ4n) is 3.11. The molecule has 3 aromatic carbocycles. The molecule has 4 aromatic rings. The Morgan fingerprint density at radius 1 is 1.12 bits per heavy atom. The van der Waals surface area contributed by atoms with Gasteiger partial charge in [0.1, 0.15) is 5.75 Å². The molecule has 0 aliphatic heterocycles. The first kappa shape index (κ1) is 22.0. The molecule has 4 rings (SSSR count). The summed E-state index contributed by atoms with van der Waals surface area (Å²) in [6, 6.07) is 18.8. The van der Waals surface area contributed by atoms with E-state index >= 15 is 0 Å². The number of ether oxygens (including phenoxy) is 1. The van der Waals surface area contributed by atoms with Gasteiger partial charge >= 0.3 is 5.69 Å². The number of nitrogens with one attached hydrogen (secondary N) is 2. The van der Waals surface area contributed by atoms with Crippen LogP contribution in [0.15, 0.2) is 81.4 Å². The third kappa shape index (κ3) is 5.19. The van der Waals surface area contributed by atoms with Gasteiger partial charge in [0, 0.05) is 16.3 Å². The average molecular weight is 463 g/mol. The fourth-order valence-corrected chi connectivity index (χ4v) is 3.29. The normalized spacial score (nSPS) is 11.1. The number of benzene rings is 3. The van der Waals surface area contributed by atoms with E-state index in [1.54, 1.807) is 54.6 Å². The number of aryl methyl sites for hydroxylation is 1. The van der Waals surface area contributed by atoms with Gasteiger partial charge < -0.3 is 15.0 Å². The first-order chi connectivity index (χ1) is 15.9. The van der Waals surface area contributed by atoms with Crippen LogP contribution in [0.1, 0.15) is 11.1 Å². The van der Waals surface area contributed by atoms with Gasteiger partial charge in [-0.05, 0) is 49.4 Å². The number of amides is 1. The lowest BCUT2D eigenvalue weighted by atomic mass is 10.2. The van der Waals surface area contributed by atoms with Gasteiger partial charge in [-0.25, -0.2) is 4.79 Å². The number of aromatic nitrogens is 2. The molecule has 9 heteroatoms. The first-order valence-corrected chi connectivity index (χ1v) is 10.4. The number of H-pyrrole nitrogens is 1. The van der Waals surface area contributed by atoms with Crippen LogP contribution >= 0.6 is 11.6 Å². The second kappa shape index (κ2) is 9.54. The summed E-state index contributed by atoms with van der Waals surface area (Å²) in [5, 5.41) is 7.49. The van der Waals surface area contributed by atoms with Gasteiger partial charge in [0.05, 0.1) is 17.1 Å². The summed E-state index contributed by atoms with van der Waals surface area (Å²) in [7, 11) is 0. The summed E-state index contributed by atoms with van der Waals surface area (Å²) in [4.78, 5) is 39.8.